The number of rotatable bonds is 3. The highest BCUT2D eigenvalue weighted by atomic mass is 79.9. The van der Waals surface area contributed by atoms with E-state index in [1.54, 1.807) is 6.20 Å². The van der Waals surface area contributed by atoms with E-state index in [-0.39, 0.29) is 22.7 Å². The van der Waals surface area contributed by atoms with E-state index in [1.807, 2.05) is 29.0 Å². The molecule has 30 heavy (non-hydrogen) atoms. The molecule has 1 aliphatic rings. The van der Waals surface area contributed by atoms with Crippen LogP contribution in [-0.2, 0) is 4.43 Å². The molecule has 2 heterocycles. The van der Waals surface area contributed by atoms with Gasteiger partial charge in [0.15, 0.2) is 8.32 Å². The van der Waals surface area contributed by atoms with Crippen LogP contribution in [0.1, 0.15) is 52.5 Å². The van der Waals surface area contributed by atoms with Crippen LogP contribution >= 0.6 is 15.9 Å². The zero-order valence-electron chi connectivity index (χ0n) is 18.5. The Morgan fingerprint density at radius 1 is 1.13 bits per heavy atom. The quantitative estimate of drug-likeness (QED) is 0.301. The molecule has 4 nitrogen and oxygen atoms in total. The smallest absolute Gasteiger partial charge is 0.258 e. The van der Waals surface area contributed by atoms with Gasteiger partial charge in [0.1, 0.15) is 0 Å². The van der Waals surface area contributed by atoms with Crippen LogP contribution in [0.2, 0.25) is 18.1 Å². The van der Waals surface area contributed by atoms with Crippen LogP contribution in [0, 0.1) is 0 Å². The van der Waals surface area contributed by atoms with Gasteiger partial charge in [-0.1, -0.05) is 55.6 Å². The van der Waals surface area contributed by atoms with Crippen molar-refractivity contribution in [1.29, 1.82) is 0 Å². The second-order valence-corrected chi connectivity index (χ2v) is 15.6. The average molecular weight is 488 g/mol. The summed E-state index contributed by atoms with van der Waals surface area (Å²) in [5, 5.41) is 2.80. The van der Waals surface area contributed by atoms with E-state index < -0.39 is 8.32 Å². The summed E-state index contributed by atoms with van der Waals surface area (Å²) in [4.78, 5) is 18.1. The Bertz CT molecular complexity index is 1150. The minimum Gasteiger partial charge on any atom is -0.412 e. The summed E-state index contributed by atoms with van der Waals surface area (Å²) in [7, 11) is -1.92. The number of hydrogen-bond acceptors (Lipinski definition) is 3. The van der Waals surface area contributed by atoms with Gasteiger partial charge in [-0.05, 0) is 49.2 Å². The molecule has 0 saturated heterocycles. The highest BCUT2D eigenvalue weighted by Gasteiger charge is 2.41. The average Bonchev–Trinajstić information content (AvgIpc) is 2.69. The summed E-state index contributed by atoms with van der Waals surface area (Å²) in [5.74, 6) is 0. The van der Waals surface area contributed by atoms with Gasteiger partial charge in [-0.15, -0.1) is 0 Å². The molecule has 3 aromatic rings. The third kappa shape index (κ3) is 3.78. The molecular weight excluding hydrogens is 456 g/mol. The summed E-state index contributed by atoms with van der Waals surface area (Å²) >= 11 is 3.64. The maximum absolute atomic E-state index is 13.6. The summed E-state index contributed by atoms with van der Waals surface area (Å²) in [5.41, 5.74) is 0.917. The van der Waals surface area contributed by atoms with Gasteiger partial charge in [0.05, 0.1) is 23.0 Å². The minimum atomic E-state index is -1.92. The second kappa shape index (κ2) is 7.88. The molecule has 4 rings (SSSR count). The lowest BCUT2D eigenvalue weighted by molar-refractivity contribution is 0.0829. The Balaban J connectivity index is 1.80. The van der Waals surface area contributed by atoms with Crippen LogP contribution in [0.25, 0.3) is 21.7 Å². The normalized spacial score (nSPS) is 20.7. The molecule has 2 aromatic heterocycles. The van der Waals surface area contributed by atoms with Gasteiger partial charge in [-0.25, -0.2) is 0 Å². The Labute approximate surface area is 187 Å². The Hall–Kier alpha value is -1.50. The number of hydrogen-bond donors (Lipinski definition) is 0. The zero-order valence-corrected chi connectivity index (χ0v) is 21.1. The van der Waals surface area contributed by atoms with Gasteiger partial charge in [-0.3, -0.25) is 9.78 Å². The molecule has 160 valence electrons. The van der Waals surface area contributed by atoms with Crippen molar-refractivity contribution in [2.24, 2.45) is 0 Å². The lowest BCUT2D eigenvalue weighted by Gasteiger charge is -2.43. The highest BCUT2D eigenvalue weighted by molar-refractivity contribution is 9.10. The molecule has 0 N–H and O–H groups in total. The van der Waals surface area contributed by atoms with E-state index in [0.29, 0.717) is 5.39 Å². The Kier molecular flexibility index (Phi) is 5.70. The molecule has 1 aromatic carbocycles. The summed E-state index contributed by atoms with van der Waals surface area (Å²) in [6, 6.07) is 8.04. The SMILES string of the molecule is CC(C)(C)[Si](C)(C)O[C@H]1CCCC[C@@H]1n1ccc2c(cc(Br)c3cccnc32)c1=O. The largest absolute Gasteiger partial charge is 0.412 e. The predicted octanol–water partition coefficient (Wildman–Crippen LogP) is 6.82. The molecule has 1 aliphatic carbocycles. The molecule has 0 amide bonds. The number of aromatic nitrogens is 2. The third-order valence-corrected chi connectivity index (χ3v) is 12.2. The molecule has 0 aliphatic heterocycles. The molecule has 0 unspecified atom stereocenters. The van der Waals surface area contributed by atoms with Gasteiger partial charge < -0.3 is 8.99 Å². The lowest BCUT2D eigenvalue weighted by atomic mass is 9.92. The molecule has 0 spiro atoms. The van der Waals surface area contributed by atoms with Crippen LogP contribution in [0.3, 0.4) is 0 Å². The van der Waals surface area contributed by atoms with Crippen LogP contribution in [0.15, 0.2) is 45.9 Å². The maximum Gasteiger partial charge on any atom is 0.258 e. The first-order valence-corrected chi connectivity index (χ1v) is 14.6. The standard InChI is InChI=1S/C24H31BrN2O2Si/c1-24(2,3)30(4,5)29-21-11-7-6-10-20(21)27-14-12-16-18(23(27)28)15-19(25)17-9-8-13-26-22(16)17/h8-9,12-15,20-21H,6-7,10-11H2,1-5H3/t20-,21-/m0/s1. The van der Waals surface area contributed by atoms with E-state index in [0.717, 1.165) is 46.4 Å². The van der Waals surface area contributed by atoms with Crippen molar-refractivity contribution in [3.63, 3.8) is 0 Å². The number of pyridine rings is 2. The van der Waals surface area contributed by atoms with Gasteiger partial charge in [0, 0.05) is 27.6 Å². The summed E-state index contributed by atoms with van der Waals surface area (Å²) < 4.78 is 9.67. The van der Waals surface area contributed by atoms with Crippen LogP contribution in [-0.4, -0.2) is 24.0 Å². The van der Waals surface area contributed by atoms with Crippen molar-refractivity contribution in [1.82, 2.24) is 9.55 Å². The van der Waals surface area contributed by atoms with E-state index >= 15 is 0 Å². The zero-order chi connectivity index (χ0) is 21.7. The number of fused-ring (bicyclic) bond motifs is 3. The van der Waals surface area contributed by atoms with Crippen LogP contribution in [0.5, 0.6) is 0 Å². The minimum absolute atomic E-state index is 0.0523. The van der Waals surface area contributed by atoms with Gasteiger partial charge in [0.25, 0.3) is 5.56 Å². The highest BCUT2D eigenvalue weighted by Crippen LogP contribution is 2.41. The Morgan fingerprint density at radius 3 is 2.60 bits per heavy atom. The molecule has 0 radical (unpaired) electrons. The predicted molar refractivity (Wildman–Crippen MR) is 131 cm³/mol. The molecule has 0 bridgehead atoms. The molecule has 1 fully saturated rings. The van der Waals surface area contributed by atoms with Crippen molar-refractivity contribution in [2.75, 3.05) is 0 Å². The molecule has 6 heteroatoms. The van der Waals surface area contributed by atoms with E-state index in [2.05, 4.69) is 60.8 Å². The molecule has 2 atom stereocenters. The van der Waals surface area contributed by atoms with Gasteiger partial charge in [-0.2, -0.15) is 0 Å². The van der Waals surface area contributed by atoms with Crippen molar-refractivity contribution in [3.8, 4) is 0 Å². The number of nitrogens with zero attached hydrogens (tertiary/aromatic N) is 2. The number of halogens is 1. The lowest BCUT2D eigenvalue weighted by Crippen LogP contribution is -2.47. The van der Waals surface area contributed by atoms with Gasteiger partial charge in [0.2, 0.25) is 0 Å². The first kappa shape index (κ1) is 21.7. The Morgan fingerprint density at radius 2 is 1.87 bits per heavy atom. The van der Waals surface area contributed by atoms with E-state index in [4.69, 9.17) is 4.43 Å². The first-order chi connectivity index (χ1) is 14.1. The fraction of sp³-hybridized carbons (Fsp3) is 0.500. The van der Waals surface area contributed by atoms with Crippen molar-refractivity contribution >= 4 is 45.9 Å². The topological polar surface area (TPSA) is 44.1 Å². The molecular formula is C24H31BrN2O2Si. The summed E-state index contributed by atoms with van der Waals surface area (Å²) in [6.07, 6.45) is 8.14. The molecule has 1 saturated carbocycles. The maximum atomic E-state index is 13.6. The first-order valence-electron chi connectivity index (χ1n) is 10.9. The van der Waals surface area contributed by atoms with Gasteiger partial charge >= 0.3 is 0 Å². The van der Waals surface area contributed by atoms with E-state index in [1.165, 1.54) is 0 Å². The fourth-order valence-electron chi connectivity index (χ4n) is 4.28. The summed E-state index contributed by atoms with van der Waals surface area (Å²) in [6.45, 7) is 11.4. The van der Waals surface area contributed by atoms with E-state index in [9.17, 15) is 4.79 Å². The third-order valence-electron chi connectivity index (χ3n) is 7.03. The number of benzene rings is 1. The van der Waals surface area contributed by atoms with Crippen molar-refractivity contribution in [3.05, 3.63) is 51.5 Å². The van der Waals surface area contributed by atoms with Crippen LogP contribution < -0.4 is 5.56 Å². The second-order valence-electron chi connectivity index (χ2n) is 10.0. The van der Waals surface area contributed by atoms with Crippen LogP contribution in [0.4, 0.5) is 0 Å². The fourth-order valence-corrected chi connectivity index (χ4v) is 6.21. The van der Waals surface area contributed by atoms with Crippen molar-refractivity contribution < 1.29 is 4.43 Å². The van der Waals surface area contributed by atoms with Crippen molar-refractivity contribution in [2.45, 2.75) is 76.7 Å². The monoisotopic (exact) mass is 486 g/mol.